The molecule has 3 amide bonds. The molecule has 0 spiro atoms. The van der Waals surface area contributed by atoms with Crippen LogP contribution in [0.4, 0.5) is 0 Å². The Morgan fingerprint density at radius 1 is 1.25 bits per heavy atom. The van der Waals surface area contributed by atoms with Gasteiger partial charge >= 0.3 is 0 Å². The zero-order chi connectivity index (χ0) is 14.7. The number of hydrogen-bond acceptors (Lipinski definition) is 4. The fourth-order valence-electron chi connectivity index (χ4n) is 2.08. The molecule has 0 fully saturated rings. The molecule has 0 aliphatic carbocycles. The molecule has 1 atom stereocenters. The van der Waals surface area contributed by atoms with Crippen molar-refractivity contribution in [3.05, 3.63) is 35.4 Å². The van der Waals surface area contributed by atoms with Gasteiger partial charge in [-0.1, -0.05) is 19.1 Å². The Morgan fingerprint density at radius 2 is 1.80 bits per heavy atom. The molecule has 6 nitrogen and oxygen atoms in total. The van der Waals surface area contributed by atoms with Crippen molar-refractivity contribution in [2.24, 2.45) is 0 Å². The van der Waals surface area contributed by atoms with Crippen LogP contribution in [0.5, 0.6) is 0 Å². The van der Waals surface area contributed by atoms with Crippen molar-refractivity contribution >= 4 is 17.7 Å². The van der Waals surface area contributed by atoms with Crippen LogP contribution in [0.1, 0.15) is 34.1 Å². The number of rotatable bonds is 5. The van der Waals surface area contributed by atoms with E-state index in [4.69, 9.17) is 5.11 Å². The quantitative estimate of drug-likeness (QED) is 0.751. The van der Waals surface area contributed by atoms with Crippen molar-refractivity contribution in [1.29, 1.82) is 0 Å². The lowest BCUT2D eigenvalue weighted by atomic mass is 10.1. The molecule has 1 aliphatic heterocycles. The third-order valence-corrected chi connectivity index (χ3v) is 3.26. The summed E-state index contributed by atoms with van der Waals surface area (Å²) >= 11 is 0. The first-order valence-electron chi connectivity index (χ1n) is 6.44. The first kappa shape index (κ1) is 14.2. The Bertz CT molecular complexity index is 517. The molecule has 1 aromatic carbocycles. The highest BCUT2D eigenvalue weighted by atomic mass is 16.3. The van der Waals surface area contributed by atoms with E-state index in [0.717, 1.165) is 4.90 Å². The Hall–Kier alpha value is -2.21. The zero-order valence-corrected chi connectivity index (χ0v) is 11.1. The summed E-state index contributed by atoms with van der Waals surface area (Å²) in [6.07, 6.45) is 0.574. The second-order valence-electron chi connectivity index (χ2n) is 4.60. The summed E-state index contributed by atoms with van der Waals surface area (Å²) in [5.41, 5.74) is 0.638. The van der Waals surface area contributed by atoms with Crippen molar-refractivity contribution in [2.75, 3.05) is 13.2 Å². The number of aliphatic hydroxyl groups is 1. The highest BCUT2D eigenvalue weighted by Crippen LogP contribution is 2.21. The second-order valence-corrected chi connectivity index (χ2v) is 4.60. The van der Waals surface area contributed by atoms with Crippen LogP contribution in [0.25, 0.3) is 0 Å². The summed E-state index contributed by atoms with van der Waals surface area (Å²) in [7, 11) is 0. The lowest BCUT2D eigenvalue weighted by molar-refractivity contribution is -0.122. The fraction of sp³-hybridized carbons (Fsp3) is 0.357. The van der Waals surface area contributed by atoms with Gasteiger partial charge < -0.3 is 10.4 Å². The first-order chi connectivity index (χ1) is 9.58. The minimum Gasteiger partial charge on any atom is -0.394 e. The van der Waals surface area contributed by atoms with Crippen LogP contribution in [0, 0.1) is 0 Å². The number of carbonyl (C=O) groups is 3. The largest absolute Gasteiger partial charge is 0.394 e. The van der Waals surface area contributed by atoms with Crippen molar-refractivity contribution < 1.29 is 19.5 Å². The van der Waals surface area contributed by atoms with Gasteiger partial charge in [-0.2, -0.15) is 0 Å². The van der Waals surface area contributed by atoms with Crippen LogP contribution >= 0.6 is 0 Å². The summed E-state index contributed by atoms with van der Waals surface area (Å²) in [4.78, 5) is 36.8. The van der Waals surface area contributed by atoms with Gasteiger partial charge in [0.15, 0.2) is 0 Å². The highest BCUT2D eigenvalue weighted by molar-refractivity contribution is 6.22. The second kappa shape index (κ2) is 5.83. The Morgan fingerprint density at radius 3 is 2.25 bits per heavy atom. The maximum absolute atomic E-state index is 12.0. The number of nitrogens with one attached hydrogen (secondary N) is 1. The van der Waals surface area contributed by atoms with E-state index >= 15 is 0 Å². The summed E-state index contributed by atoms with van der Waals surface area (Å²) in [6.45, 7) is 1.32. The van der Waals surface area contributed by atoms with E-state index in [1.165, 1.54) is 0 Å². The average molecular weight is 276 g/mol. The molecule has 1 unspecified atom stereocenters. The van der Waals surface area contributed by atoms with Gasteiger partial charge in [-0.25, -0.2) is 0 Å². The van der Waals surface area contributed by atoms with Crippen LogP contribution in [-0.4, -0.2) is 46.9 Å². The number of benzene rings is 1. The van der Waals surface area contributed by atoms with Crippen molar-refractivity contribution in [3.8, 4) is 0 Å². The van der Waals surface area contributed by atoms with Gasteiger partial charge in [-0.3, -0.25) is 19.3 Å². The normalized spacial score (nSPS) is 15.2. The van der Waals surface area contributed by atoms with Gasteiger partial charge in [0.05, 0.1) is 23.8 Å². The van der Waals surface area contributed by atoms with Crippen LogP contribution in [0.15, 0.2) is 24.3 Å². The molecule has 20 heavy (non-hydrogen) atoms. The van der Waals surface area contributed by atoms with Crippen LogP contribution < -0.4 is 5.32 Å². The fourth-order valence-corrected chi connectivity index (χ4v) is 2.08. The number of carbonyl (C=O) groups excluding carboxylic acids is 3. The Balaban J connectivity index is 2.07. The number of fused-ring (bicyclic) bond motifs is 1. The standard InChI is InChI=1S/C14H16N2O4/c1-2-9(8-17)15-12(18)7-16-13(19)10-5-3-4-6-11(10)14(16)20/h3-6,9,17H,2,7-8H2,1H3,(H,15,18). The Kier molecular flexibility index (Phi) is 4.14. The maximum atomic E-state index is 12.0. The molecule has 1 aliphatic rings. The van der Waals surface area contributed by atoms with Crippen molar-refractivity contribution in [1.82, 2.24) is 10.2 Å². The molecule has 0 aromatic heterocycles. The third kappa shape index (κ3) is 2.55. The van der Waals surface area contributed by atoms with E-state index in [1.807, 2.05) is 6.92 Å². The first-order valence-corrected chi connectivity index (χ1v) is 6.44. The smallest absolute Gasteiger partial charge is 0.262 e. The Labute approximate surface area is 116 Å². The lowest BCUT2D eigenvalue weighted by Gasteiger charge is -2.17. The van der Waals surface area contributed by atoms with E-state index in [9.17, 15) is 14.4 Å². The van der Waals surface area contributed by atoms with Crippen molar-refractivity contribution in [3.63, 3.8) is 0 Å². The molecule has 1 heterocycles. The summed E-state index contributed by atoms with van der Waals surface area (Å²) in [5.74, 6) is -1.38. The van der Waals surface area contributed by atoms with E-state index in [-0.39, 0.29) is 19.2 Å². The number of hydrogen-bond donors (Lipinski definition) is 2. The van der Waals surface area contributed by atoms with E-state index in [0.29, 0.717) is 17.5 Å². The van der Waals surface area contributed by atoms with Crippen molar-refractivity contribution in [2.45, 2.75) is 19.4 Å². The molecule has 0 bridgehead atoms. The van der Waals surface area contributed by atoms with Gasteiger partial charge in [0, 0.05) is 0 Å². The summed E-state index contributed by atoms with van der Waals surface area (Å²) in [6, 6.07) is 6.11. The van der Waals surface area contributed by atoms with Gasteiger partial charge in [-0.15, -0.1) is 0 Å². The minimum atomic E-state index is -0.460. The predicted octanol–water partition coefficient (Wildman–Crippen LogP) is 0.170. The summed E-state index contributed by atoms with van der Waals surface area (Å²) < 4.78 is 0. The van der Waals surface area contributed by atoms with Gasteiger partial charge in [-0.05, 0) is 18.6 Å². The summed E-state index contributed by atoms with van der Waals surface area (Å²) in [5, 5.41) is 11.6. The molecule has 2 rings (SSSR count). The van der Waals surface area contributed by atoms with Crippen LogP contribution in [0.2, 0.25) is 0 Å². The molecule has 106 valence electrons. The molecular weight excluding hydrogens is 260 g/mol. The molecule has 0 radical (unpaired) electrons. The van der Waals surface area contributed by atoms with Gasteiger partial charge in [0.1, 0.15) is 6.54 Å². The van der Waals surface area contributed by atoms with Crippen LogP contribution in [-0.2, 0) is 4.79 Å². The third-order valence-electron chi connectivity index (χ3n) is 3.26. The molecule has 1 aromatic rings. The van der Waals surface area contributed by atoms with Gasteiger partial charge in [0.25, 0.3) is 11.8 Å². The molecule has 0 saturated heterocycles. The van der Waals surface area contributed by atoms with E-state index in [1.54, 1.807) is 24.3 Å². The topological polar surface area (TPSA) is 86.7 Å². The number of amides is 3. The molecule has 2 N–H and O–H groups in total. The molecule has 6 heteroatoms. The number of nitrogens with zero attached hydrogens (tertiary/aromatic N) is 1. The van der Waals surface area contributed by atoms with Gasteiger partial charge in [0.2, 0.25) is 5.91 Å². The minimum absolute atomic E-state index is 0.176. The predicted molar refractivity (Wildman–Crippen MR) is 71.1 cm³/mol. The molecular formula is C14H16N2O4. The van der Waals surface area contributed by atoms with Crippen LogP contribution in [0.3, 0.4) is 0 Å². The van der Waals surface area contributed by atoms with E-state index < -0.39 is 17.7 Å². The highest BCUT2D eigenvalue weighted by Gasteiger charge is 2.36. The number of imide groups is 1. The zero-order valence-electron chi connectivity index (χ0n) is 11.1. The maximum Gasteiger partial charge on any atom is 0.262 e. The SMILES string of the molecule is CCC(CO)NC(=O)CN1C(=O)c2ccccc2C1=O. The monoisotopic (exact) mass is 276 g/mol. The lowest BCUT2D eigenvalue weighted by Crippen LogP contribution is -2.45. The molecule has 0 saturated carbocycles. The number of aliphatic hydroxyl groups excluding tert-OH is 1. The van der Waals surface area contributed by atoms with E-state index in [2.05, 4.69) is 5.32 Å². The average Bonchev–Trinajstić information content (AvgIpc) is 2.70.